The van der Waals surface area contributed by atoms with Crippen LogP contribution in [0.15, 0.2) is 23.3 Å². The van der Waals surface area contributed by atoms with Gasteiger partial charge in [-0.1, -0.05) is 0 Å². The van der Waals surface area contributed by atoms with Crippen LogP contribution in [0.4, 0.5) is 0 Å². The van der Waals surface area contributed by atoms with E-state index < -0.39 is 0 Å². The minimum Gasteiger partial charge on any atom is -0.493 e. The van der Waals surface area contributed by atoms with Gasteiger partial charge in [-0.15, -0.1) is 0 Å². The molecule has 5 heteroatoms. The van der Waals surface area contributed by atoms with Crippen LogP contribution >= 0.6 is 0 Å². The molecule has 4 rings (SSSR count). The summed E-state index contributed by atoms with van der Waals surface area (Å²) in [6.07, 6.45) is 7.02. The first-order valence-corrected chi connectivity index (χ1v) is 8.55. The van der Waals surface area contributed by atoms with Crippen LogP contribution in [0.2, 0.25) is 0 Å². The minimum atomic E-state index is 0.00172. The third-order valence-electron chi connectivity index (χ3n) is 5.13. The van der Waals surface area contributed by atoms with Gasteiger partial charge in [0.2, 0.25) is 0 Å². The Kier molecular flexibility index (Phi) is 3.89. The first kappa shape index (κ1) is 14.8. The number of nitrogens with one attached hydrogen (secondary N) is 1. The highest BCUT2D eigenvalue weighted by Crippen LogP contribution is 2.35. The molecule has 2 fully saturated rings. The third kappa shape index (κ3) is 2.90. The summed E-state index contributed by atoms with van der Waals surface area (Å²) in [5.41, 5.74) is 5.48. The predicted molar refractivity (Wildman–Crippen MR) is 88.3 cm³/mol. The molecule has 1 aliphatic carbocycles. The zero-order valence-electron chi connectivity index (χ0n) is 13.6. The van der Waals surface area contributed by atoms with Crippen molar-refractivity contribution in [3.05, 3.63) is 23.8 Å². The average molecular weight is 316 g/mol. The Balaban J connectivity index is 1.54. The van der Waals surface area contributed by atoms with Crippen molar-refractivity contribution >= 4 is 5.71 Å². The molecule has 1 N–H and O–H groups in total. The molecule has 5 nitrogen and oxygen atoms in total. The van der Waals surface area contributed by atoms with Crippen LogP contribution in [0.3, 0.4) is 0 Å². The lowest BCUT2D eigenvalue weighted by Gasteiger charge is -2.20. The van der Waals surface area contributed by atoms with E-state index in [1.165, 1.54) is 12.8 Å². The van der Waals surface area contributed by atoms with Crippen LogP contribution in [0.25, 0.3) is 0 Å². The Labute approximate surface area is 137 Å². The molecule has 1 saturated heterocycles. The van der Waals surface area contributed by atoms with Crippen LogP contribution in [-0.4, -0.2) is 37.7 Å². The smallest absolute Gasteiger partial charge is 0.162 e. The summed E-state index contributed by atoms with van der Waals surface area (Å²) in [6, 6.07) is 6.13. The Morgan fingerprint density at radius 2 is 2.13 bits per heavy atom. The van der Waals surface area contributed by atoms with Gasteiger partial charge in [-0.3, -0.25) is 0 Å². The van der Waals surface area contributed by atoms with E-state index >= 15 is 0 Å². The van der Waals surface area contributed by atoms with Gasteiger partial charge in [0.15, 0.2) is 11.5 Å². The van der Waals surface area contributed by atoms with Crippen molar-refractivity contribution in [1.82, 2.24) is 5.43 Å². The van der Waals surface area contributed by atoms with Gasteiger partial charge in [-0.2, -0.15) is 5.10 Å². The van der Waals surface area contributed by atoms with Gasteiger partial charge in [-0.05, 0) is 50.3 Å². The highest BCUT2D eigenvalue weighted by Gasteiger charge is 2.40. The molecule has 2 heterocycles. The van der Waals surface area contributed by atoms with E-state index in [9.17, 15) is 0 Å². The lowest BCUT2D eigenvalue weighted by Crippen LogP contribution is -2.39. The average Bonchev–Trinajstić information content (AvgIpc) is 3.32. The van der Waals surface area contributed by atoms with Gasteiger partial charge < -0.3 is 19.6 Å². The second-order valence-electron chi connectivity index (χ2n) is 6.82. The van der Waals surface area contributed by atoms with E-state index in [0.717, 1.165) is 61.7 Å². The largest absolute Gasteiger partial charge is 0.493 e. The third-order valence-corrected chi connectivity index (χ3v) is 5.13. The molecule has 1 spiro atoms. The molecular formula is C18H24N2O3. The molecule has 2 aliphatic heterocycles. The number of methoxy groups -OCH3 is 1. The number of hydrazone groups is 1. The van der Waals surface area contributed by atoms with Crippen LogP contribution in [0, 0.1) is 0 Å². The highest BCUT2D eigenvalue weighted by molar-refractivity contribution is 6.02. The van der Waals surface area contributed by atoms with Crippen molar-refractivity contribution in [1.29, 1.82) is 0 Å². The molecule has 1 aromatic carbocycles. The van der Waals surface area contributed by atoms with Crippen molar-refractivity contribution in [2.24, 2.45) is 5.10 Å². The van der Waals surface area contributed by atoms with Crippen molar-refractivity contribution < 1.29 is 14.2 Å². The lowest BCUT2D eigenvalue weighted by molar-refractivity contribution is 0.172. The molecule has 1 aromatic rings. The van der Waals surface area contributed by atoms with E-state index in [4.69, 9.17) is 14.2 Å². The van der Waals surface area contributed by atoms with Crippen LogP contribution in [0.1, 0.15) is 44.1 Å². The lowest BCUT2D eigenvalue weighted by atomic mass is 9.91. The van der Waals surface area contributed by atoms with Gasteiger partial charge in [0.1, 0.15) is 0 Å². The summed E-state index contributed by atoms with van der Waals surface area (Å²) in [6.45, 7) is 1.55. The van der Waals surface area contributed by atoms with Crippen molar-refractivity contribution in [2.75, 3.05) is 20.3 Å². The fourth-order valence-corrected chi connectivity index (χ4v) is 3.72. The number of benzene rings is 1. The summed E-state index contributed by atoms with van der Waals surface area (Å²) in [5.74, 6) is 1.63. The van der Waals surface area contributed by atoms with Crippen LogP contribution in [0.5, 0.6) is 11.5 Å². The normalized spacial score (nSPS) is 27.3. The van der Waals surface area contributed by atoms with E-state index in [1.807, 2.05) is 6.07 Å². The number of ether oxygens (including phenoxy) is 3. The van der Waals surface area contributed by atoms with E-state index in [2.05, 4.69) is 22.7 Å². The zero-order valence-corrected chi connectivity index (χ0v) is 13.6. The monoisotopic (exact) mass is 316 g/mol. The second-order valence-corrected chi connectivity index (χ2v) is 6.82. The predicted octanol–water partition coefficient (Wildman–Crippen LogP) is 2.87. The molecule has 1 unspecified atom stereocenters. The van der Waals surface area contributed by atoms with Gasteiger partial charge in [0.25, 0.3) is 0 Å². The summed E-state index contributed by atoms with van der Waals surface area (Å²) in [5, 5.41) is 4.56. The molecule has 23 heavy (non-hydrogen) atoms. The van der Waals surface area contributed by atoms with Gasteiger partial charge in [-0.25, -0.2) is 0 Å². The van der Waals surface area contributed by atoms with Crippen molar-refractivity contribution in [3.8, 4) is 11.5 Å². The van der Waals surface area contributed by atoms with E-state index in [1.54, 1.807) is 7.11 Å². The number of hydrogen-bond donors (Lipinski definition) is 1. The molecule has 1 saturated carbocycles. The van der Waals surface area contributed by atoms with Gasteiger partial charge >= 0.3 is 0 Å². The molecule has 0 bridgehead atoms. The quantitative estimate of drug-likeness (QED) is 0.928. The maximum atomic E-state index is 6.19. The van der Waals surface area contributed by atoms with E-state index in [0.29, 0.717) is 6.10 Å². The molecule has 3 aliphatic rings. The standard InChI is InChI=1S/C18H24N2O3/c1-21-16-7-6-13(10-17(16)23-14-4-2-3-5-14)15-11-18(20-19-15)8-9-22-12-18/h6-7,10,14,20H,2-5,8-9,11-12H2,1H3. The van der Waals surface area contributed by atoms with Crippen LogP contribution < -0.4 is 14.9 Å². The maximum Gasteiger partial charge on any atom is 0.162 e. The van der Waals surface area contributed by atoms with Gasteiger partial charge in [0, 0.05) is 18.6 Å². The molecule has 0 aromatic heterocycles. The number of nitrogens with zero attached hydrogens (tertiary/aromatic N) is 1. The topological polar surface area (TPSA) is 52.1 Å². The number of rotatable bonds is 4. The van der Waals surface area contributed by atoms with E-state index in [-0.39, 0.29) is 5.54 Å². The minimum absolute atomic E-state index is 0.00172. The first-order valence-electron chi connectivity index (χ1n) is 8.55. The SMILES string of the molecule is COc1ccc(C2=NNC3(CCOC3)C2)cc1OC1CCCC1. The zero-order chi connectivity index (χ0) is 15.7. The van der Waals surface area contributed by atoms with Crippen LogP contribution in [-0.2, 0) is 4.74 Å². The van der Waals surface area contributed by atoms with Gasteiger partial charge in [0.05, 0.1) is 31.1 Å². The fraction of sp³-hybridized carbons (Fsp3) is 0.611. The summed E-state index contributed by atoms with van der Waals surface area (Å²) in [4.78, 5) is 0. The maximum absolute atomic E-state index is 6.19. The second kappa shape index (κ2) is 6.04. The Morgan fingerprint density at radius 3 is 2.87 bits per heavy atom. The molecule has 124 valence electrons. The fourth-order valence-electron chi connectivity index (χ4n) is 3.72. The Hall–Kier alpha value is -1.75. The number of hydrogen-bond acceptors (Lipinski definition) is 5. The van der Waals surface area contributed by atoms with Crippen molar-refractivity contribution in [3.63, 3.8) is 0 Å². The molecule has 0 radical (unpaired) electrons. The first-order chi connectivity index (χ1) is 11.3. The summed E-state index contributed by atoms with van der Waals surface area (Å²) < 4.78 is 17.2. The summed E-state index contributed by atoms with van der Waals surface area (Å²) in [7, 11) is 1.69. The molecule has 1 atom stereocenters. The Morgan fingerprint density at radius 1 is 1.26 bits per heavy atom. The van der Waals surface area contributed by atoms with Crippen molar-refractivity contribution in [2.45, 2.75) is 50.2 Å². The highest BCUT2D eigenvalue weighted by atomic mass is 16.5. The Bertz CT molecular complexity index is 602. The summed E-state index contributed by atoms with van der Waals surface area (Å²) >= 11 is 0. The molecular weight excluding hydrogens is 292 g/mol. The molecule has 0 amide bonds.